The smallest absolute Gasteiger partial charge is 0.223 e. The van der Waals surface area contributed by atoms with Gasteiger partial charge in [0, 0.05) is 33.1 Å². The summed E-state index contributed by atoms with van der Waals surface area (Å²) in [7, 11) is 3.62. The average molecular weight is 226 g/mol. The van der Waals surface area contributed by atoms with Crippen molar-refractivity contribution in [3.63, 3.8) is 0 Å². The van der Waals surface area contributed by atoms with Crippen LogP contribution in [0.5, 0.6) is 0 Å². The number of carbonyl (C=O) groups excluding carboxylic acids is 1. The summed E-state index contributed by atoms with van der Waals surface area (Å²) in [5.74, 6) is 1.89. The predicted octanol–water partition coefficient (Wildman–Crippen LogP) is 1.88. The molecule has 0 aromatic heterocycles. The Balaban J connectivity index is 2.16. The van der Waals surface area contributed by atoms with Crippen molar-refractivity contribution in [1.82, 2.24) is 10.2 Å². The van der Waals surface area contributed by atoms with Crippen LogP contribution in [0.3, 0.4) is 0 Å². The molecule has 0 aliphatic heterocycles. The van der Waals surface area contributed by atoms with Crippen LogP contribution >= 0.6 is 0 Å². The Morgan fingerprint density at radius 3 is 2.50 bits per heavy atom. The predicted molar refractivity (Wildman–Crippen MR) is 67.3 cm³/mol. The SMILES string of the molecule is CC1CCC(NCCC(=O)N(C)C)CC1C. The van der Waals surface area contributed by atoms with Gasteiger partial charge in [0.15, 0.2) is 0 Å². The molecular weight excluding hydrogens is 200 g/mol. The Kier molecular flexibility index (Phi) is 5.26. The summed E-state index contributed by atoms with van der Waals surface area (Å²) in [5.41, 5.74) is 0. The van der Waals surface area contributed by atoms with Gasteiger partial charge < -0.3 is 10.2 Å². The van der Waals surface area contributed by atoms with Gasteiger partial charge in [-0.2, -0.15) is 0 Å². The van der Waals surface area contributed by atoms with E-state index in [0.29, 0.717) is 12.5 Å². The lowest BCUT2D eigenvalue weighted by Gasteiger charge is -2.32. The van der Waals surface area contributed by atoms with Gasteiger partial charge in [-0.25, -0.2) is 0 Å². The molecule has 0 aromatic rings. The second-order valence-corrected chi connectivity index (χ2v) is 5.46. The van der Waals surface area contributed by atoms with Crippen LogP contribution in [0.15, 0.2) is 0 Å². The molecule has 3 heteroatoms. The Hall–Kier alpha value is -0.570. The minimum atomic E-state index is 0.213. The third kappa shape index (κ3) is 4.12. The lowest BCUT2D eigenvalue weighted by atomic mass is 9.79. The quantitative estimate of drug-likeness (QED) is 0.794. The molecule has 0 bridgehead atoms. The molecular formula is C13H26N2O. The van der Waals surface area contributed by atoms with Crippen LogP contribution in [-0.4, -0.2) is 37.5 Å². The Bertz CT molecular complexity index is 228. The van der Waals surface area contributed by atoms with Crippen molar-refractivity contribution in [3.8, 4) is 0 Å². The van der Waals surface area contributed by atoms with E-state index in [-0.39, 0.29) is 5.91 Å². The van der Waals surface area contributed by atoms with Crippen LogP contribution in [0.1, 0.15) is 39.5 Å². The van der Waals surface area contributed by atoms with E-state index in [0.717, 1.165) is 18.4 Å². The molecule has 3 unspecified atom stereocenters. The highest BCUT2D eigenvalue weighted by Crippen LogP contribution is 2.29. The number of rotatable bonds is 4. The first-order valence-electron chi connectivity index (χ1n) is 6.44. The first kappa shape index (κ1) is 13.5. The van der Waals surface area contributed by atoms with Gasteiger partial charge in [-0.15, -0.1) is 0 Å². The second-order valence-electron chi connectivity index (χ2n) is 5.46. The van der Waals surface area contributed by atoms with Gasteiger partial charge in [-0.1, -0.05) is 13.8 Å². The Morgan fingerprint density at radius 2 is 1.94 bits per heavy atom. The standard InChI is InChI=1S/C13H26N2O/c1-10-5-6-12(9-11(10)2)14-8-7-13(16)15(3)4/h10-12,14H,5-9H2,1-4H3. The summed E-state index contributed by atoms with van der Waals surface area (Å²) >= 11 is 0. The van der Waals surface area contributed by atoms with Gasteiger partial charge in [0.1, 0.15) is 0 Å². The molecule has 1 N–H and O–H groups in total. The normalized spacial score (nSPS) is 30.1. The molecule has 0 saturated heterocycles. The fourth-order valence-electron chi connectivity index (χ4n) is 2.34. The number of hydrogen-bond acceptors (Lipinski definition) is 2. The summed E-state index contributed by atoms with van der Waals surface area (Å²) < 4.78 is 0. The summed E-state index contributed by atoms with van der Waals surface area (Å²) in [6.45, 7) is 5.50. The maximum absolute atomic E-state index is 11.4. The summed E-state index contributed by atoms with van der Waals surface area (Å²) in [5, 5.41) is 3.51. The molecule has 1 rings (SSSR count). The number of nitrogens with one attached hydrogen (secondary N) is 1. The average Bonchev–Trinajstić information content (AvgIpc) is 2.23. The fourth-order valence-corrected chi connectivity index (χ4v) is 2.34. The first-order chi connectivity index (χ1) is 7.50. The summed E-state index contributed by atoms with van der Waals surface area (Å²) in [6, 6.07) is 0.626. The van der Waals surface area contributed by atoms with E-state index in [4.69, 9.17) is 0 Å². The molecule has 1 saturated carbocycles. The van der Waals surface area contributed by atoms with Crippen molar-refractivity contribution in [2.24, 2.45) is 11.8 Å². The van der Waals surface area contributed by atoms with E-state index in [2.05, 4.69) is 19.2 Å². The number of amides is 1. The van der Waals surface area contributed by atoms with Crippen LogP contribution in [0.2, 0.25) is 0 Å². The Labute approximate surface area is 99.6 Å². The molecule has 1 fully saturated rings. The molecule has 1 aliphatic rings. The highest BCUT2D eigenvalue weighted by Gasteiger charge is 2.23. The van der Waals surface area contributed by atoms with Gasteiger partial charge in [-0.05, 0) is 31.1 Å². The molecule has 16 heavy (non-hydrogen) atoms. The van der Waals surface area contributed by atoms with Crippen LogP contribution in [0, 0.1) is 11.8 Å². The van der Waals surface area contributed by atoms with E-state index in [1.54, 1.807) is 4.90 Å². The van der Waals surface area contributed by atoms with Crippen molar-refractivity contribution in [1.29, 1.82) is 0 Å². The fraction of sp³-hybridized carbons (Fsp3) is 0.923. The number of carbonyl (C=O) groups is 1. The van der Waals surface area contributed by atoms with Gasteiger partial charge in [0.2, 0.25) is 5.91 Å². The zero-order valence-electron chi connectivity index (χ0n) is 11.1. The lowest BCUT2D eigenvalue weighted by Crippen LogP contribution is -2.38. The molecule has 94 valence electrons. The zero-order chi connectivity index (χ0) is 12.1. The van der Waals surface area contributed by atoms with Gasteiger partial charge in [0.25, 0.3) is 0 Å². The second kappa shape index (κ2) is 6.24. The first-order valence-corrected chi connectivity index (χ1v) is 6.44. The summed E-state index contributed by atoms with van der Waals surface area (Å²) in [4.78, 5) is 13.0. The lowest BCUT2D eigenvalue weighted by molar-refractivity contribution is -0.128. The van der Waals surface area contributed by atoms with Gasteiger partial charge in [-0.3, -0.25) is 4.79 Å². The topological polar surface area (TPSA) is 32.3 Å². The molecule has 1 aliphatic carbocycles. The maximum Gasteiger partial charge on any atom is 0.223 e. The van der Waals surface area contributed by atoms with Crippen LogP contribution in [-0.2, 0) is 4.79 Å². The van der Waals surface area contributed by atoms with Gasteiger partial charge in [0.05, 0.1) is 0 Å². The number of nitrogens with zero attached hydrogens (tertiary/aromatic N) is 1. The molecule has 3 nitrogen and oxygen atoms in total. The van der Waals surface area contributed by atoms with Crippen molar-refractivity contribution in [2.45, 2.75) is 45.6 Å². The molecule has 0 spiro atoms. The van der Waals surface area contributed by atoms with E-state index in [1.807, 2.05) is 14.1 Å². The largest absolute Gasteiger partial charge is 0.349 e. The number of hydrogen-bond donors (Lipinski definition) is 1. The van der Waals surface area contributed by atoms with E-state index >= 15 is 0 Å². The van der Waals surface area contributed by atoms with E-state index in [9.17, 15) is 4.79 Å². The molecule has 0 radical (unpaired) electrons. The Morgan fingerprint density at radius 1 is 1.25 bits per heavy atom. The van der Waals surface area contributed by atoms with Crippen LogP contribution in [0.4, 0.5) is 0 Å². The van der Waals surface area contributed by atoms with Crippen LogP contribution < -0.4 is 5.32 Å². The highest BCUT2D eigenvalue weighted by molar-refractivity contribution is 5.75. The van der Waals surface area contributed by atoms with Crippen molar-refractivity contribution in [2.75, 3.05) is 20.6 Å². The minimum absolute atomic E-state index is 0.213. The minimum Gasteiger partial charge on any atom is -0.349 e. The third-order valence-electron chi connectivity index (χ3n) is 3.87. The summed E-state index contributed by atoms with van der Waals surface area (Å²) in [6.07, 6.45) is 4.47. The molecule has 3 atom stereocenters. The zero-order valence-corrected chi connectivity index (χ0v) is 11.1. The van der Waals surface area contributed by atoms with E-state index in [1.165, 1.54) is 19.3 Å². The monoisotopic (exact) mass is 226 g/mol. The molecule has 0 aromatic carbocycles. The molecule has 1 amide bonds. The van der Waals surface area contributed by atoms with Crippen molar-refractivity contribution < 1.29 is 4.79 Å². The third-order valence-corrected chi connectivity index (χ3v) is 3.87. The highest BCUT2D eigenvalue weighted by atomic mass is 16.2. The van der Waals surface area contributed by atoms with Crippen molar-refractivity contribution in [3.05, 3.63) is 0 Å². The maximum atomic E-state index is 11.4. The van der Waals surface area contributed by atoms with Gasteiger partial charge >= 0.3 is 0 Å². The van der Waals surface area contributed by atoms with Crippen molar-refractivity contribution >= 4 is 5.91 Å². The van der Waals surface area contributed by atoms with Crippen LogP contribution in [0.25, 0.3) is 0 Å². The van der Waals surface area contributed by atoms with E-state index < -0.39 is 0 Å². The molecule has 0 heterocycles.